The summed E-state index contributed by atoms with van der Waals surface area (Å²) in [6.45, 7) is 2.69. The monoisotopic (exact) mass is 387 g/mol. The smallest absolute Gasteiger partial charge is 0.250 e. The van der Waals surface area contributed by atoms with Gasteiger partial charge in [0.25, 0.3) is 0 Å². The van der Waals surface area contributed by atoms with Crippen LogP contribution in [0.3, 0.4) is 0 Å². The third-order valence-electron chi connectivity index (χ3n) is 4.71. The molecule has 0 aliphatic carbocycles. The van der Waals surface area contributed by atoms with Crippen LogP contribution >= 0.6 is 0 Å². The van der Waals surface area contributed by atoms with Crippen LogP contribution in [0.15, 0.2) is 64.2 Å². The number of hydrogen-bond donors (Lipinski definition) is 1. The number of rotatable bonds is 5. The second kappa shape index (κ2) is 7.81. The molecule has 146 valence electrons. The Labute approximate surface area is 168 Å². The topological polar surface area (TPSA) is 85.8 Å². The van der Waals surface area contributed by atoms with Gasteiger partial charge >= 0.3 is 0 Å². The van der Waals surface area contributed by atoms with Gasteiger partial charge in [0, 0.05) is 43.0 Å². The minimum Gasteiger partial charge on any atom is -0.354 e. The Morgan fingerprint density at radius 3 is 2.55 bits per heavy atom. The van der Waals surface area contributed by atoms with E-state index >= 15 is 0 Å². The van der Waals surface area contributed by atoms with Crippen LogP contribution < -0.4 is 10.9 Å². The molecule has 1 N–H and O–H groups in total. The molecule has 0 saturated carbocycles. The summed E-state index contributed by atoms with van der Waals surface area (Å²) < 4.78 is 7.09. The van der Waals surface area contributed by atoms with Crippen LogP contribution in [0.1, 0.15) is 11.3 Å². The first kappa shape index (κ1) is 18.8. The van der Waals surface area contributed by atoms with E-state index in [2.05, 4.69) is 27.6 Å². The van der Waals surface area contributed by atoms with Crippen molar-refractivity contribution < 1.29 is 4.52 Å². The van der Waals surface area contributed by atoms with E-state index in [4.69, 9.17) is 9.51 Å². The van der Waals surface area contributed by atoms with Gasteiger partial charge < -0.3 is 14.4 Å². The van der Waals surface area contributed by atoms with Gasteiger partial charge in [0.05, 0.1) is 17.6 Å². The van der Waals surface area contributed by atoms with Gasteiger partial charge in [-0.1, -0.05) is 29.4 Å². The summed E-state index contributed by atoms with van der Waals surface area (Å²) in [7, 11) is 3.63. The van der Waals surface area contributed by atoms with Crippen LogP contribution in [0.5, 0.6) is 0 Å². The highest BCUT2D eigenvalue weighted by Crippen LogP contribution is 2.28. The molecule has 0 radical (unpaired) electrons. The molecule has 0 spiro atoms. The lowest BCUT2D eigenvalue weighted by atomic mass is 10.1. The highest BCUT2D eigenvalue weighted by Gasteiger charge is 2.15. The van der Waals surface area contributed by atoms with Crippen molar-refractivity contribution in [2.24, 2.45) is 7.05 Å². The Hall–Kier alpha value is -3.58. The Kier molecular flexibility index (Phi) is 5.05. The van der Waals surface area contributed by atoms with Gasteiger partial charge in [-0.2, -0.15) is 0 Å². The molecule has 0 atom stereocenters. The lowest BCUT2D eigenvalue weighted by Gasteiger charge is -2.06. The van der Waals surface area contributed by atoms with Crippen molar-refractivity contribution >= 4 is 0 Å². The highest BCUT2D eigenvalue weighted by atomic mass is 16.5. The van der Waals surface area contributed by atoms with E-state index in [0.717, 1.165) is 29.1 Å². The van der Waals surface area contributed by atoms with E-state index in [1.54, 1.807) is 25.5 Å². The summed E-state index contributed by atoms with van der Waals surface area (Å²) >= 11 is 0. The van der Waals surface area contributed by atoms with Crippen LogP contribution in [0.25, 0.3) is 34.0 Å². The number of benzene rings is 1. The zero-order valence-electron chi connectivity index (χ0n) is 16.5. The van der Waals surface area contributed by atoms with Crippen molar-refractivity contribution in [1.82, 2.24) is 25.0 Å². The number of nitrogens with one attached hydrogen (secondary N) is 1. The molecule has 0 aliphatic heterocycles. The Morgan fingerprint density at radius 1 is 1.07 bits per heavy atom. The summed E-state index contributed by atoms with van der Waals surface area (Å²) in [5, 5.41) is 7.34. The van der Waals surface area contributed by atoms with Gasteiger partial charge in [-0.15, -0.1) is 0 Å². The second-order valence-electron chi connectivity index (χ2n) is 6.86. The molecule has 1 aromatic carbocycles. The first-order valence-electron chi connectivity index (χ1n) is 9.27. The Balaban J connectivity index is 1.68. The molecule has 0 saturated heterocycles. The van der Waals surface area contributed by atoms with Gasteiger partial charge in [-0.05, 0) is 25.6 Å². The summed E-state index contributed by atoms with van der Waals surface area (Å²) in [5.74, 6) is 0.552. The van der Waals surface area contributed by atoms with Crippen LogP contribution in [0.4, 0.5) is 0 Å². The molecule has 7 heteroatoms. The van der Waals surface area contributed by atoms with E-state index in [1.165, 1.54) is 16.2 Å². The molecule has 3 heterocycles. The zero-order valence-corrected chi connectivity index (χ0v) is 16.5. The summed E-state index contributed by atoms with van der Waals surface area (Å²) in [6.07, 6.45) is 3.43. The predicted octanol–water partition coefficient (Wildman–Crippen LogP) is 3.19. The lowest BCUT2D eigenvalue weighted by Crippen LogP contribution is -2.14. The first-order chi connectivity index (χ1) is 14.0. The van der Waals surface area contributed by atoms with Gasteiger partial charge in [-0.3, -0.25) is 9.78 Å². The fourth-order valence-electron chi connectivity index (χ4n) is 3.09. The fraction of sp³-hybridized carbons (Fsp3) is 0.182. The maximum absolute atomic E-state index is 11.6. The van der Waals surface area contributed by atoms with E-state index in [-0.39, 0.29) is 5.56 Å². The third kappa shape index (κ3) is 3.86. The van der Waals surface area contributed by atoms with Crippen molar-refractivity contribution in [2.75, 3.05) is 7.05 Å². The second-order valence-corrected chi connectivity index (χ2v) is 6.86. The van der Waals surface area contributed by atoms with Gasteiger partial charge in [0.2, 0.25) is 5.56 Å². The van der Waals surface area contributed by atoms with Crippen LogP contribution in [0, 0.1) is 6.92 Å². The molecular weight excluding hydrogens is 366 g/mol. The molecule has 7 nitrogen and oxygen atoms in total. The van der Waals surface area contributed by atoms with Crippen LogP contribution in [-0.2, 0) is 13.6 Å². The summed E-state index contributed by atoms with van der Waals surface area (Å²) in [5.41, 5.74) is 5.68. The van der Waals surface area contributed by atoms with Crippen LogP contribution in [0.2, 0.25) is 0 Å². The Morgan fingerprint density at radius 2 is 1.83 bits per heavy atom. The van der Waals surface area contributed by atoms with E-state index in [0.29, 0.717) is 17.1 Å². The molecule has 0 amide bonds. The normalized spacial score (nSPS) is 11.0. The fourth-order valence-corrected chi connectivity index (χ4v) is 3.09. The molecule has 4 rings (SSSR count). The largest absolute Gasteiger partial charge is 0.354 e. The minimum atomic E-state index is -0.0744. The average molecular weight is 387 g/mol. The van der Waals surface area contributed by atoms with Crippen LogP contribution in [-0.4, -0.2) is 26.7 Å². The quantitative estimate of drug-likeness (QED) is 0.566. The maximum Gasteiger partial charge on any atom is 0.250 e. The molecule has 0 aliphatic rings. The molecule has 29 heavy (non-hydrogen) atoms. The minimum absolute atomic E-state index is 0.0744. The molecule has 0 bridgehead atoms. The summed E-state index contributed by atoms with van der Waals surface area (Å²) in [6, 6.07) is 13.3. The number of nitrogens with zero attached hydrogens (tertiary/aromatic N) is 4. The number of aromatic nitrogens is 4. The van der Waals surface area contributed by atoms with Gasteiger partial charge in [-0.25, -0.2) is 4.98 Å². The third-order valence-corrected chi connectivity index (χ3v) is 4.71. The lowest BCUT2D eigenvalue weighted by molar-refractivity contribution is 0.433. The van der Waals surface area contributed by atoms with E-state index < -0.39 is 0 Å². The van der Waals surface area contributed by atoms with Crippen molar-refractivity contribution in [3.63, 3.8) is 0 Å². The van der Waals surface area contributed by atoms with Gasteiger partial charge in [0.1, 0.15) is 11.4 Å². The first-order valence-corrected chi connectivity index (χ1v) is 9.27. The van der Waals surface area contributed by atoms with E-state index in [1.807, 2.05) is 32.2 Å². The number of aryl methyl sites for hydroxylation is 2. The maximum atomic E-state index is 11.6. The van der Waals surface area contributed by atoms with Crippen molar-refractivity contribution in [1.29, 1.82) is 0 Å². The summed E-state index contributed by atoms with van der Waals surface area (Å²) in [4.78, 5) is 20.8. The predicted molar refractivity (Wildman–Crippen MR) is 111 cm³/mol. The van der Waals surface area contributed by atoms with Crippen molar-refractivity contribution in [3.05, 3.63) is 76.5 Å². The molecule has 4 aromatic rings. The zero-order chi connectivity index (χ0) is 20.4. The average Bonchev–Trinajstić information content (AvgIpc) is 3.21. The molecule has 0 unspecified atom stereocenters. The van der Waals surface area contributed by atoms with Crippen molar-refractivity contribution in [2.45, 2.75) is 13.5 Å². The number of pyridine rings is 1. The van der Waals surface area contributed by atoms with E-state index in [9.17, 15) is 4.79 Å². The highest BCUT2D eigenvalue weighted by molar-refractivity contribution is 5.68. The molecule has 0 fully saturated rings. The Bertz CT molecular complexity index is 1210. The molecule has 3 aromatic heterocycles. The van der Waals surface area contributed by atoms with Crippen molar-refractivity contribution in [3.8, 4) is 34.0 Å². The SMILES string of the molecule is CNCc1ccc(-c2cc(-c3nc(-c4ccc(=O)n(C)c4)cnc3C)on2)cc1. The number of hydrogen-bond acceptors (Lipinski definition) is 6. The standard InChI is InChI=1S/C22H21N5O2/c1-14-22(25-19(12-24-14)17-8-9-21(28)27(3)13-17)20-10-18(26-29-20)16-6-4-15(5-7-16)11-23-2/h4-10,12-13,23H,11H2,1-3H3. The van der Waals surface area contributed by atoms with Gasteiger partial charge in [0.15, 0.2) is 5.76 Å². The molecular formula is C22H21N5O2.